The molecular weight excluding hydrogens is 292 g/mol. The van der Waals surface area contributed by atoms with E-state index in [1.807, 2.05) is 13.8 Å². The molecule has 0 bridgehead atoms. The Kier molecular flexibility index (Phi) is 4.90. The first-order chi connectivity index (χ1) is 10.1. The first kappa shape index (κ1) is 15.4. The maximum absolute atomic E-state index is 11.7. The topological polar surface area (TPSA) is 69.9 Å². The van der Waals surface area contributed by atoms with Crippen molar-refractivity contribution in [1.82, 2.24) is 19.7 Å². The van der Waals surface area contributed by atoms with Gasteiger partial charge in [0.1, 0.15) is 11.0 Å². The van der Waals surface area contributed by atoms with Crippen molar-refractivity contribution in [3.8, 4) is 5.82 Å². The van der Waals surface area contributed by atoms with Gasteiger partial charge in [-0.05, 0) is 20.3 Å². The molecule has 0 saturated heterocycles. The fourth-order valence-corrected chi connectivity index (χ4v) is 2.02. The average molecular weight is 309 g/mol. The third-order valence-electron chi connectivity index (χ3n) is 2.89. The summed E-state index contributed by atoms with van der Waals surface area (Å²) >= 11 is 6.14. The fraction of sp³-hybridized carbons (Fsp3) is 0.429. The number of rotatable bonds is 5. The lowest BCUT2D eigenvalue weighted by molar-refractivity contribution is 0.0526. The smallest absolute Gasteiger partial charge is 0.341 e. The molecule has 0 saturated carbocycles. The van der Waals surface area contributed by atoms with Crippen LogP contribution in [0.1, 0.15) is 42.0 Å². The van der Waals surface area contributed by atoms with Gasteiger partial charge in [0.15, 0.2) is 5.82 Å². The van der Waals surface area contributed by atoms with Crippen LogP contribution in [0.15, 0.2) is 12.4 Å². The molecule has 112 valence electrons. The highest BCUT2D eigenvalue weighted by Gasteiger charge is 2.15. The van der Waals surface area contributed by atoms with E-state index in [4.69, 9.17) is 16.3 Å². The molecule has 2 aromatic rings. The molecule has 0 amide bonds. The maximum atomic E-state index is 11.7. The van der Waals surface area contributed by atoms with Crippen molar-refractivity contribution in [3.63, 3.8) is 0 Å². The summed E-state index contributed by atoms with van der Waals surface area (Å²) in [4.78, 5) is 20.4. The van der Waals surface area contributed by atoms with Crippen LogP contribution < -0.4 is 0 Å². The Hall–Kier alpha value is -1.95. The Morgan fingerprint density at radius 1 is 1.38 bits per heavy atom. The lowest BCUT2D eigenvalue weighted by Gasteiger charge is -2.08. The molecule has 0 atom stereocenters. The SMILES string of the molecule is CCCc1nc(Cl)c(C)c(-n2cc(C(=O)OCC)cn2)n1. The third-order valence-corrected chi connectivity index (χ3v) is 3.26. The third kappa shape index (κ3) is 3.39. The molecule has 0 aliphatic rings. The number of aryl methyl sites for hydroxylation is 1. The second-order valence-electron chi connectivity index (χ2n) is 4.52. The number of esters is 1. The Bertz CT molecular complexity index is 654. The summed E-state index contributed by atoms with van der Waals surface area (Å²) in [7, 11) is 0. The largest absolute Gasteiger partial charge is 0.462 e. The number of carbonyl (C=O) groups is 1. The van der Waals surface area contributed by atoms with Crippen molar-refractivity contribution in [2.45, 2.75) is 33.6 Å². The van der Waals surface area contributed by atoms with E-state index in [0.29, 0.717) is 29.0 Å². The van der Waals surface area contributed by atoms with Crippen LogP contribution in [0, 0.1) is 6.92 Å². The van der Waals surface area contributed by atoms with E-state index < -0.39 is 5.97 Å². The van der Waals surface area contributed by atoms with Crippen LogP contribution in [-0.2, 0) is 11.2 Å². The van der Waals surface area contributed by atoms with Crippen molar-refractivity contribution in [3.05, 3.63) is 34.5 Å². The van der Waals surface area contributed by atoms with Gasteiger partial charge in [0.25, 0.3) is 0 Å². The van der Waals surface area contributed by atoms with E-state index >= 15 is 0 Å². The number of halogens is 1. The minimum atomic E-state index is -0.407. The van der Waals surface area contributed by atoms with Gasteiger partial charge in [0, 0.05) is 18.2 Å². The second-order valence-corrected chi connectivity index (χ2v) is 4.88. The first-order valence-corrected chi connectivity index (χ1v) is 7.19. The van der Waals surface area contributed by atoms with Gasteiger partial charge < -0.3 is 4.74 Å². The summed E-state index contributed by atoms with van der Waals surface area (Å²) < 4.78 is 6.46. The summed E-state index contributed by atoms with van der Waals surface area (Å²) in [6, 6.07) is 0. The average Bonchev–Trinajstić information content (AvgIpc) is 2.93. The van der Waals surface area contributed by atoms with Crippen molar-refractivity contribution < 1.29 is 9.53 Å². The van der Waals surface area contributed by atoms with Crippen molar-refractivity contribution in [1.29, 1.82) is 0 Å². The highest BCUT2D eigenvalue weighted by atomic mass is 35.5. The molecular formula is C14H17ClN4O2. The highest BCUT2D eigenvalue weighted by molar-refractivity contribution is 6.30. The molecule has 0 radical (unpaired) electrons. The Morgan fingerprint density at radius 3 is 2.81 bits per heavy atom. The molecule has 0 aliphatic carbocycles. The van der Waals surface area contributed by atoms with Gasteiger partial charge in [0.05, 0.1) is 18.4 Å². The van der Waals surface area contributed by atoms with Crippen molar-refractivity contribution in [2.75, 3.05) is 6.61 Å². The lowest BCUT2D eigenvalue weighted by atomic mass is 10.3. The molecule has 7 heteroatoms. The van der Waals surface area contributed by atoms with Crippen LogP contribution in [0.5, 0.6) is 0 Å². The normalized spacial score (nSPS) is 10.7. The molecule has 0 aromatic carbocycles. The Balaban J connectivity index is 2.39. The van der Waals surface area contributed by atoms with E-state index in [9.17, 15) is 4.79 Å². The van der Waals surface area contributed by atoms with Crippen LogP contribution in [0.2, 0.25) is 5.15 Å². The molecule has 21 heavy (non-hydrogen) atoms. The van der Waals surface area contributed by atoms with Crippen molar-refractivity contribution >= 4 is 17.6 Å². The van der Waals surface area contributed by atoms with Crippen LogP contribution in [0.4, 0.5) is 0 Å². The minimum absolute atomic E-state index is 0.322. The van der Waals surface area contributed by atoms with E-state index in [2.05, 4.69) is 15.1 Å². The quantitative estimate of drug-likeness (QED) is 0.627. The number of hydrogen-bond acceptors (Lipinski definition) is 5. The standard InChI is InChI=1S/C14H17ClN4O2/c1-4-6-11-17-12(15)9(3)13(18-11)19-8-10(7-16-19)14(20)21-5-2/h7-8H,4-6H2,1-3H3. The van der Waals surface area contributed by atoms with Gasteiger partial charge in [-0.15, -0.1) is 0 Å². The van der Waals surface area contributed by atoms with E-state index in [0.717, 1.165) is 18.4 Å². The zero-order valence-corrected chi connectivity index (χ0v) is 13.0. The summed E-state index contributed by atoms with van der Waals surface area (Å²) in [5.74, 6) is 0.834. The van der Waals surface area contributed by atoms with Crippen LogP contribution in [0.25, 0.3) is 5.82 Å². The molecule has 0 spiro atoms. The number of nitrogens with zero attached hydrogens (tertiary/aromatic N) is 4. The van der Waals surface area contributed by atoms with Crippen LogP contribution in [0.3, 0.4) is 0 Å². The molecule has 0 N–H and O–H groups in total. The number of ether oxygens (including phenoxy) is 1. The summed E-state index contributed by atoms with van der Waals surface area (Å²) in [6.45, 7) is 5.94. The van der Waals surface area contributed by atoms with Gasteiger partial charge in [-0.1, -0.05) is 18.5 Å². The van der Waals surface area contributed by atoms with Gasteiger partial charge in [-0.3, -0.25) is 0 Å². The highest BCUT2D eigenvalue weighted by Crippen LogP contribution is 2.19. The number of hydrogen-bond donors (Lipinski definition) is 0. The fourth-order valence-electron chi connectivity index (χ4n) is 1.84. The predicted octanol–water partition coefficient (Wildman–Crippen LogP) is 2.75. The maximum Gasteiger partial charge on any atom is 0.341 e. The summed E-state index contributed by atoms with van der Waals surface area (Å²) in [6.07, 6.45) is 4.69. The number of aromatic nitrogens is 4. The minimum Gasteiger partial charge on any atom is -0.462 e. The lowest BCUT2D eigenvalue weighted by Crippen LogP contribution is -2.07. The van der Waals surface area contributed by atoms with Crippen LogP contribution in [-0.4, -0.2) is 32.3 Å². The predicted molar refractivity (Wildman–Crippen MR) is 78.9 cm³/mol. The molecule has 0 aliphatic heterocycles. The zero-order valence-electron chi connectivity index (χ0n) is 12.3. The molecule has 2 aromatic heterocycles. The summed E-state index contributed by atoms with van der Waals surface area (Å²) in [5.41, 5.74) is 1.10. The van der Waals surface area contributed by atoms with Gasteiger partial charge >= 0.3 is 5.97 Å². The number of carbonyl (C=O) groups excluding carboxylic acids is 1. The Labute approximate surface area is 128 Å². The van der Waals surface area contributed by atoms with Gasteiger partial charge in [0.2, 0.25) is 0 Å². The monoisotopic (exact) mass is 308 g/mol. The van der Waals surface area contributed by atoms with E-state index in [-0.39, 0.29) is 0 Å². The molecule has 0 fully saturated rings. The molecule has 2 heterocycles. The van der Waals surface area contributed by atoms with Gasteiger partial charge in [-0.25, -0.2) is 19.4 Å². The molecule has 6 nitrogen and oxygen atoms in total. The first-order valence-electron chi connectivity index (χ1n) is 6.82. The van der Waals surface area contributed by atoms with Crippen molar-refractivity contribution in [2.24, 2.45) is 0 Å². The van der Waals surface area contributed by atoms with Gasteiger partial charge in [-0.2, -0.15) is 5.10 Å². The molecule has 2 rings (SSSR count). The molecule has 0 unspecified atom stereocenters. The van der Waals surface area contributed by atoms with Crippen LogP contribution >= 0.6 is 11.6 Å². The summed E-state index contributed by atoms with van der Waals surface area (Å²) in [5, 5.41) is 4.56. The Morgan fingerprint density at radius 2 is 2.14 bits per heavy atom. The van der Waals surface area contributed by atoms with E-state index in [1.165, 1.54) is 10.9 Å². The zero-order chi connectivity index (χ0) is 15.4. The second kappa shape index (κ2) is 6.67. The van der Waals surface area contributed by atoms with E-state index in [1.54, 1.807) is 13.1 Å².